The van der Waals surface area contributed by atoms with Crippen molar-refractivity contribution in [2.24, 2.45) is 0 Å². The largest absolute Gasteiger partial charge is 0.497 e. The zero-order valence-electron chi connectivity index (χ0n) is 18.4. The van der Waals surface area contributed by atoms with E-state index in [-0.39, 0.29) is 5.91 Å². The fourth-order valence-corrected chi connectivity index (χ4v) is 3.60. The highest BCUT2D eigenvalue weighted by Crippen LogP contribution is 2.27. The van der Waals surface area contributed by atoms with Gasteiger partial charge in [-0.25, -0.2) is 0 Å². The van der Waals surface area contributed by atoms with Crippen molar-refractivity contribution in [1.29, 1.82) is 0 Å². The van der Waals surface area contributed by atoms with Crippen LogP contribution in [0.15, 0.2) is 54.9 Å². The van der Waals surface area contributed by atoms with E-state index in [1.165, 1.54) is 0 Å². The maximum absolute atomic E-state index is 12.6. The molecule has 8 nitrogen and oxygen atoms in total. The summed E-state index contributed by atoms with van der Waals surface area (Å²) in [5.74, 6) is 0.604. The minimum absolute atomic E-state index is 0.191. The highest BCUT2D eigenvalue weighted by atomic mass is 16.5. The third kappa shape index (κ3) is 4.39. The highest BCUT2D eigenvalue weighted by molar-refractivity contribution is 5.93. The van der Waals surface area contributed by atoms with Gasteiger partial charge in [0, 0.05) is 41.3 Å². The number of ether oxygens (including phenoxy) is 1. The molecule has 1 amide bonds. The van der Waals surface area contributed by atoms with Gasteiger partial charge in [-0.3, -0.25) is 19.6 Å². The van der Waals surface area contributed by atoms with Crippen LogP contribution in [0.4, 0.5) is 0 Å². The van der Waals surface area contributed by atoms with E-state index < -0.39 is 0 Å². The first-order valence-corrected chi connectivity index (χ1v) is 10.6. The van der Waals surface area contributed by atoms with Crippen molar-refractivity contribution in [2.75, 3.05) is 13.7 Å². The number of carbonyl (C=O) groups excluding carboxylic acids is 1. The Kier molecular flexibility index (Phi) is 6.30. The van der Waals surface area contributed by atoms with E-state index in [1.807, 2.05) is 67.2 Å². The molecule has 0 spiro atoms. The summed E-state index contributed by atoms with van der Waals surface area (Å²) in [5.41, 5.74) is 6.02. The second-order valence-corrected chi connectivity index (χ2v) is 7.39. The van der Waals surface area contributed by atoms with Crippen molar-refractivity contribution in [3.05, 3.63) is 71.8 Å². The molecule has 2 N–H and O–H groups in total. The maximum Gasteiger partial charge on any atom is 0.272 e. The molecule has 0 saturated carbocycles. The molecule has 0 aliphatic rings. The number of H-pyrrole nitrogens is 1. The lowest BCUT2D eigenvalue weighted by atomic mass is 10.1. The summed E-state index contributed by atoms with van der Waals surface area (Å²) in [7, 11) is 1.64. The van der Waals surface area contributed by atoms with Crippen LogP contribution in [0.3, 0.4) is 0 Å². The molecule has 0 aliphatic carbocycles. The Balaban J connectivity index is 1.54. The first-order chi connectivity index (χ1) is 15.6. The fourth-order valence-electron chi connectivity index (χ4n) is 3.60. The van der Waals surface area contributed by atoms with Gasteiger partial charge in [-0.05, 0) is 55.8 Å². The number of methoxy groups -OCH3 is 1. The average molecular weight is 431 g/mol. The second-order valence-electron chi connectivity index (χ2n) is 7.39. The highest BCUT2D eigenvalue weighted by Gasteiger charge is 2.16. The van der Waals surface area contributed by atoms with Gasteiger partial charge in [0.25, 0.3) is 5.91 Å². The molecule has 0 saturated heterocycles. The Morgan fingerprint density at radius 1 is 1.19 bits per heavy atom. The summed E-state index contributed by atoms with van der Waals surface area (Å²) in [4.78, 5) is 16.8. The lowest BCUT2D eigenvalue weighted by Crippen LogP contribution is -2.28. The number of pyridine rings is 1. The van der Waals surface area contributed by atoms with E-state index in [2.05, 4.69) is 20.5 Å². The van der Waals surface area contributed by atoms with Crippen molar-refractivity contribution in [3.8, 4) is 28.3 Å². The Bertz CT molecular complexity index is 1200. The van der Waals surface area contributed by atoms with E-state index in [1.54, 1.807) is 13.3 Å². The third-order valence-corrected chi connectivity index (χ3v) is 5.41. The molecule has 3 aromatic heterocycles. The van der Waals surface area contributed by atoms with Gasteiger partial charge in [0.05, 0.1) is 25.0 Å². The average Bonchev–Trinajstić information content (AvgIpc) is 3.43. The predicted molar refractivity (Wildman–Crippen MR) is 122 cm³/mol. The van der Waals surface area contributed by atoms with E-state index in [9.17, 15) is 4.79 Å². The molecular formula is C24H26N6O2. The fraction of sp³-hybridized carbons (Fsp3) is 0.250. The third-order valence-electron chi connectivity index (χ3n) is 5.41. The molecule has 164 valence electrons. The first-order valence-electron chi connectivity index (χ1n) is 10.6. The van der Waals surface area contributed by atoms with Crippen LogP contribution in [0.5, 0.6) is 5.75 Å². The molecule has 4 rings (SSSR count). The molecule has 0 atom stereocenters. The van der Waals surface area contributed by atoms with Crippen molar-refractivity contribution in [3.63, 3.8) is 0 Å². The Labute approximate surface area is 186 Å². The maximum atomic E-state index is 12.6. The number of aromatic nitrogens is 5. The van der Waals surface area contributed by atoms with Gasteiger partial charge in [0.1, 0.15) is 5.75 Å². The van der Waals surface area contributed by atoms with Crippen molar-refractivity contribution in [2.45, 2.75) is 26.8 Å². The number of aromatic amines is 1. The lowest BCUT2D eigenvalue weighted by Gasteiger charge is -2.08. The number of nitrogens with one attached hydrogen (secondary N) is 2. The summed E-state index contributed by atoms with van der Waals surface area (Å²) in [6, 6.07) is 13.7. The number of rotatable bonds is 8. The van der Waals surface area contributed by atoms with Gasteiger partial charge in [0.15, 0.2) is 5.69 Å². The Morgan fingerprint density at radius 2 is 2.00 bits per heavy atom. The smallest absolute Gasteiger partial charge is 0.272 e. The van der Waals surface area contributed by atoms with Crippen LogP contribution in [0.25, 0.3) is 22.5 Å². The van der Waals surface area contributed by atoms with E-state index in [4.69, 9.17) is 9.84 Å². The minimum atomic E-state index is -0.191. The van der Waals surface area contributed by atoms with Gasteiger partial charge in [-0.2, -0.15) is 10.2 Å². The zero-order valence-corrected chi connectivity index (χ0v) is 18.4. The number of carbonyl (C=O) groups is 1. The summed E-state index contributed by atoms with van der Waals surface area (Å²) < 4.78 is 7.15. The van der Waals surface area contributed by atoms with Gasteiger partial charge >= 0.3 is 0 Å². The number of benzene rings is 1. The SMILES string of the molecule is CCc1[nH]nc(C(=O)NCCn2nc(-c3ccc(OC)cc3)cc2-c2cccnc2)c1C. The van der Waals surface area contributed by atoms with Gasteiger partial charge < -0.3 is 10.1 Å². The van der Waals surface area contributed by atoms with Crippen LogP contribution in [0.2, 0.25) is 0 Å². The van der Waals surface area contributed by atoms with Crippen LogP contribution in [-0.2, 0) is 13.0 Å². The summed E-state index contributed by atoms with van der Waals surface area (Å²) in [6.45, 7) is 4.87. The number of amides is 1. The van der Waals surface area contributed by atoms with E-state index >= 15 is 0 Å². The van der Waals surface area contributed by atoms with Gasteiger partial charge in [0.2, 0.25) is 0 Å². The molecule has 0 fully saturated rings. The molecule has 0 aliphatic heterocycles. The molecule has 0 unspecified atom stereocenters. The predicted octanol–water partition coefficient (Wildman–Crippen LogP) is 3.64. The number of hydrogen-bond acceptors (Lipinski definition) is 5. The van der Waals surface area contributed by atoms with Crippen molar-refractivity contribution >= 4 is 5.91 Å². The van der Waals surface area contributed by atoms with Crippen LogP contribution in [-0.4, -0.2) is 44.5 Å². The monoisotopic (exact) mass is 430 g/mol. The van der Waals surface area contributed by atoms with Gasteiger partial charge in [-0.15, -0.1) is 0 Å². The molecule has 0 radical (unpaired) electrons. The normalized spacial score (nSPS) is 10.8. The molecular weight excluding hydrogens is 404 g/mol. The summed E-state index contributed by atoms with van der Waals surface area (Å²) in [6.07, 6.45) is 4.36. The molecule has 4 aromatic rings. The summed E-state index contributed by atoms with van der Waals surface area (Å²) in [5, 5.41) is 14.8. The number of nitrogens with zero attached hydrogens (tertiary/aromatic N) is 4. The van der Waals surface area contributed by atoms with Gasteiger partial charge in [-0.1, -0.05) is 6.92 Å². The van der Waals surface area contributed by atoms with Crippen LogP contribution >= 0.6 is 0 Å². The van der Waals surface area contributed by atoms with Crippen molar-refractivity contribution < 1.29 is 9.53 Å². The molecule has 1 aromatic carbocycles. The number of aryl methyl sites for hydroxylation is 1. The topological polar surface area (TPSA) is 97.7 Å². The quantitative estimate of drug-likeness (QED) is 0.445. The first kappa shape index (κ1) is 21.3. The molecule has 32 heavy (non-hydrogen) atoms. The standard InChI is InChI=1S/C24H26N6O2/c1-4-20-16(2)23(28-27-20)24(31)26-12-13-30-22(18-6-5-11-25-15-18)14-21(29-30)17-7-9-19(32-3)10-8-17/h5-11,14-15H,4,12-13H2,1-3H3,(H,26,31)(H,27,28). The Hall–Kier alpha value is -3.94. The van der Waals surface area contributed by atoms with E-state index in [0.717, 1.165) is 45.9 Å². The zero-order chi connectivity index (χ0) is 22.5. The van der Waals surface area contributed by atoms with Crippen LogP contribution in [0, 0.1) is 6.92 Å². The molecule has 3 heterocycles. The summed E-state index contributed by atoms with van der Waals surface area (Å²) >= 11 is 0. The molecule has 0 bridgehead atoms. The van der Waals surface area contributed by atoms with Crippen LogP contribution in [0.1, 0.15) is 28.7 Å². The van der Waals surface area contributed by atoms with Crippen molar-refractivity contribution in [1.82, 2.24) is 30.3 Å². The van der Waals surface area contributed by atoms with E-state index in [0.29, 0.717) is 18.8 Å². The molecule has 8 heteroatoms. The second kappa shape index (κ2) is 9.47. The minimum Gasteiger partial charge on any atom is -0.497 e. The Morgan fingerprint density at radius 3 is 2.66 bits per heavy atom. The lowest BCUT2D eigenvalue weighted by molar-refractivity contribution is 0.0946. The number of hydrogen-bond donors (Lipinski definition) is 2. The van der Waals surface area contributed by atoms with Crippen LogP contribution < -0.4 is 10.1 Å².